The smallest absolute Gasteiger partial charge is 0.233 e. The first-order valence-corrected chi connectivity index (χ1v) is 10.8. The van der Waals surface area contributed by atoms with Crippen molar-refractivity contribution >= 4 is 17.7 Å². The van der Waals surface area contributed by atoms with Gasteiger partial charge in [0, 0.05) is 12.2 Å². The number of pyridine rings is 1. The molecule has 1 fully saturated rings. The molecular formula is C22H23N3O3S. The number of nitriles is 1. The van der Waals surface area contributed by atoms with Gasteiger partial charge in [0.1, 0.15) is 24.3 Å². The lowest BCUT2D eigenvalue weighted by atomic mass is 10.0. The average molecular weight is 410 g/mol. The highest BCUT2D eigenvalue weighted by Gasteiger charge is 2.31. The summed E-state index contributed by atoms with van der Waals surface area (Å²) in [6.45, 7) is 5.65. The lowest BCUT2D eigenvalue weighted by Crippen LogP contribution is -2.32. The van der Waals surface area contributed by atoms with Crippen LogP contribution >= 0.6 is 11.8 Å². The number of ether oxygens (including phenoxy) is 2. The summed E-state index contributed by atoms with van der Waals surface area (Å²) >= 11 is 1.35. The van der Waals surface area contributed by atoms with Gasteiger partial charge >= 0.3 is 0 Å². The first-order chi connectivity index (χ1) is 14.1. The molecule has 1 atom stereocenters. The van der Waals surface area contributed by atoms with Gasteiger partial charge < -0.3 is 14.4 Å². The molecule has 4 rings (SSSR count). The van der Waals surface area contributed by atoms with Gasteiger partial charge in [-0.15, -0.1) is 0 Å². The highest BCUT2D eigenvalue weighted by Crippen LogP contribution is 2.38. The zero-order valence-electron chi connectivity index (χ0n) is 16.6. The van der Waals surface area contributed by atoms with E-state index in [1.807, 2.05) is 43.0 Å². The molecule has 3 heterocycles. The largest absolute Gasteiger partial charge is 0.486 e. The minimum Gasteiger partial charge on any atom is -0.486 e. The van der Waals surface area contributed by atoms with E-state index in [9.17, 15) is 10.1 Å². The second-order valence-corrected chi connectivity index (χ2v) is 8.27. The van der Waals surface area contributed by atoms with Crippen LogP contribution in [-0.2, 0) is 4.79 Å². The summed E-state index contributed by atoms with van der Waals surface area (Å²) < 4.78 is 11.3. The number of aryl methyl sites for hydroxylation is 2. The number of fused-ring (bicyclic) bond motifs is 1. The summed E-state index contributed by atoms with van der Waals surface area (Å²) in [4.78, 5) is 19.4. The van der Waals surface area contributed by atoms with Crippen LogP contribution in [0.2, 0.25) is 0 Å². The predicted molar refractivity (Wildman–Crippen MR) is 110 cm³/mol. The molecule has 1 saturated heterocycles. The van der Waals surface area contributed by atoms with Gasteiger partial charge in [-0.3, -0.25) is 4.79 Å². The normalized spacial score (nSPS) is 17.8. The van der Waals surface area contributed by atoms with E-state index >= 15 is 0 Å². The third-order valence-corrected chi connectivity index (χ3v) is 6.24. The summed E-state index contributed by atoms with van der Waals surface area (Å²) in [7, 11) is 0. The minimum atomic E-state index is 0.0431. The van der Waals surface area contributed by atoms with Crippen molar-refractivity contribution in [3.63, 3.8) is 0 Å². The summed E-state index contributed by atoms with van der Waals surface area (Å²) in [5, 5.41) is 10.1. The van der Waals surface area contributed by atoms with Crippen molar-refractivity contribution in [2.24, 2.45) is 0 Å². The zero-order valence-corrected chi connectivity index (χ0v) is 17.4. The van der Waals surface area contributed by atoms with Crippen molar-refractivity contribution in [1.82, 2.24) is 9.88 Å². The Kier molecular flexibility index (Phi) is 5.63. The molecule has 0 aliphatic carbocycles. The maximum absolute atomic E-state index is 13.0. The molecule has 2 aliphatic heterocycles. The average Bonchev–Trinajstić information content (AvgIpc) is 3.21. The Labute approximate surface area is 174 Å². The van der Waals surface area contributed by atoms with E-state index in [-0.39, 0.29) is 17.7 Å². The standard InChI is InChI=1S/C22H23N3O3S/c1-14-10-15(2)24-22(17(14)12-23)29-13-21(26)25-7-3-4-18(25)16-5-6-19-20(11-16)28-9-8-27-19/h5-6,10-11,18H,3-4,7-9,13H2,1-2H3/t18-/m0/s1. The molecule has 0 bridgehead atoms. The Bertz CT molecular complexity index is 986. The van der Waals surface area contributed by atoms with Crippen molar-refractivity contribution in [3.8, 4) is 17.6 Å². The van der Waals surface area contributed by atoms with Crippen molar-refractivity contribution in [2.45, 2.75) is 37.8 Å². The third kappa shape index (κ3) is 4.03. The summed E-state index contributed by atoms with van der Waals surface area (Å²) in [5.74, 6) is 1.85. The quantitative estimate of drug-likeness (QED) is 0.715. The highest BCUT2D eigenvalue weighted by molar-refractivity contribution is 8.00. The molecule has 1 aromatic heterocycles. The molecule has 2 aromatic rings. The van der Waals surface area contributed by atoms with E-state index < -0.39 is 0 Å². The van der Waals surface area contributed by atoms with Crippen LogP contribution in [0.25, 0.3) is 0 Å². The second kappa shape index (κ2) is 8.34. The fourth-order valence-corrected chi connectivity index (χ4v) is 4.92. The first kappa shape index (κ1) is 19.6. The van der Waals surface area contributed by atoms with Gasteiger partial charge in [0.15, 0.2) is 11.5 Å². The second-order valence-electron chi connectivity index (χ2n) is 7.31. The Morgan fingerprint density at radius 2 is 2.07 bits per heavy atom. The van der Waals surface area contributed by atoms with Crippen LogP contribution in [0.5, 0.6) is 11.5 Å². The number of hydrogen-bond donors (Lipinski definition) is 0. The van der Waals surface area contributed by atoms with Gasteiger partial charge in [-0.05, 0) is 56.0 Å². The van der Waals surface area contributed by atoms with Crippen LogP contribution in [0, 0.1) is 25.2 Å². The number of rotatable bonds is 4. The Balaban J connectivity index is 1.48. The van der Waals surface area contributed by atoms with E-state index in [0.29, 0.717) is 23.8 Å². The van der Waals surface area contributed by atoms with E-state index in [0.717, 1.165) is 47.7 Å². The molecule has 0 spiro atoms. The van der Waals surface area contributed by atoms with Gasteiger partial charge in [0.05, 0.1) is 17.4 Å². The Morgan fingerprint density at radius 3 is 2.86 bits per heavy atom. The van der Waals surface area contributed by atoms with Gasteiger partial charge in [-0.2, -0.15) is 5.26 Å². The molecule has 150 valence electrons. The van der Waals surface area contributed by atoms with E-state index in [1.54, 1.807) is 0 Å². The molecule has 0 saturated carbocycles. The van der Waals surface area contributed by atoms with Crippen LogP contribution in [0.3, 0.4) is 0 Å². The predicted octanol–water partition coefficient (Wildman–Crippen LogP) is 3.80. The van der Waals surface area contributed by atoms with E-state index in [1.165, 1.54) is 11.8 Å². The van der Waals surface area contributed by atoms with Gasteiger partial charge in [0.25, 0.3) is 0 Å². The van der Waals surface area contributed by atoms with Gasteiger partial charge in [0.2, 0.25) is 5.91 Å². The maximum Gasteiger partial charge on any atom is 0.233 e. The molecule has 0 unspecified atom stereocenters. The van der Waals surface area contributed by atoms with E-state index in [2.05, 4.69) is 11.1 Å². The number of carbonyl (C=O) groups is 1. The number of aromatic nitrogens is 1. The first-order valence-electron chi connectivity index (χ1n) is 9.77. The third-order valence-electron chi connectivity index (χ3n) is 5.28. The summed E-state index contributed by atoms with van der Waals surface area (Å²) in [6.07, 6.45) is 1.90. The van der Waals surface area contributed by atoms with Crippen LogP contribution in [0.4, 0.5) is 0 Å². The van der Waals surface area contributed by atoms with Crippen LogP contribution in [-0.4, -0.2) is 41.3 Å². The van der Waals surface area contributed by atoms with Gasteiger partial charge in [-0.25, -0.2) is 4.98 Å². The highest BCUT2D eigenvalue weighted by atomic mass is 32.2. The zero-order chi connectivity index (χ0) is 20.4. The van der Waals surface area contributed by atoms with Crippen LogP contribution < -0.4 is 9.47 Å². The minimum absolute atomic E-state index is 0.0431. The van der Waals surface area contributed by atoms with E-state index in [4.69, 9.17) is 9.47 Å². The van der Waals surface area contributed by atoms with Crippen molar-refractivity contribution in [1.29, 1.82) is 5.26 Å². The maximum atomic E-state index is 13.0. The Hall–Kier alpha value is -2.72. The lowest BCUT2D eigenvalue weighted by molar-refractivity contribution is -0.129. The molecule has 2 aliphatic rings. The number of carbonyl (C=O) groups excluding carboxylic acids is 1. The number of likely N-dealkylation sites (tertiary alicyclic amines) is 1. The lowest BCUT2D eigenvalue weighted by Gasteiger charge is -2.26. The molecular weight excluding hydrogens is 386 g/mol. The van der Waals surface area contributed by atoms with Crippen molar-refractivity contribution < 1.29 is 14.3 Å². The van der Waals surface area contributed by atoms with Crippen molar-refractivity contribution in [2.75, 3.05) is 25.5 Å². The molecule has 29 heavy (non-hydrogen) atoms. The molecule has 0 N–H and O–H groups in total. The molecule has 1 amide bonds. The molecule has 1 aromatic carbocycles. The number of amides is 1. The van der Waals surface area contributed by atoms with Crippen LogP contribution in [0.15, 0.2) is 29.3 Å². The molecule has 7 heteroatoms. The van der Waals surface area contributed by atoms with Crippen molar-refractivity contribution in [3.05, 3.63) is 46.6 Å². The van der Waals surface area contributed by atoms with Crippen LogP contribution in [0.1, 0.15) is 41.3 Å². The SMILES string of the molecule is Cc1cc(C)c(C#N)c(SCC(=O)N2CCC[C@H]2c2ccc3c(c2)OCCO3)n1. The number of benzene rings is 1. The number of nitrogens with zero attached hydrogens (tertiary/aromatic N) is 3. The summed E-state index contributed by atoms with van der Waals surface area (Å²) in [6, 6.07) is 10.1. The monoisotopic (exact) mass is 409 g/mol. The van der Waals surface area contributed by atoms with Gasteiger partial charge in [-0.1, -0.05) is 17.8 Å². The fraction of sp³-hybridized carbons (Fsp3) is 0.409. The summed E-state index contributed by atoms with van der Waals surface area (Å²) in [5.41, 5.74) is 3.38. The number of hydrogen-bond acceptors (Lipinski definition) is 6. The number of thioether (sulfide) groups is 1. The Morgan fingerprint density at radius 1 is 1.28 bits per heavy atom. The fourth-order valence-electron chi connectivity index (χ4n) is 3.93. The molecule has 0 radical (unpaired) electrons. The molecule has 6 nitrogen and oxygen atoms in total. The topological polar surface area (TPSA) is 75.5 Å².